The lowest BCUT2D eigenvalue weighted by molar-refractivity contribution is -0.157. The van der Waals surface area contributed by atoms with E-state index in [0.717, 1.165) is 19.4 Å². The number of carboxylic acids is 1. The number of esters is 1. The van der Waals surface area contributed by atoms with Gasteiger partial charge in [0.05, 0.1) is 54.8 Å². The number of morpholine rings is 1. The van der Waals surface area contributed by atoms with Gasteiger partial charge in [-0.3, -0.25) is 24.1 Å². The van der Waals surface area contributed by atoms with Gasteiger partial charge in [0.2, 0.25) is 5.91 Å². The molecule has 0 radical (unpaired) electrons. The van der Waals surface area contributed by atoms with Crippen molar-refractivity contribution in [2.24, 2.45) is 34.5 Å². The molecule has 3 saturated carbocycles. The van der Waals surface area contributed by atoms with E-state index in [0.29, 0.717) is 78.0 Å². The molecule has 0 bridgehead atoms. The molecule has 16 heteroatoms. The number of oxazole rings is 1. The van der Waals surface area contributed by atoms with E-state index in [2.05, 4.69) is 35.6 Å². The van der Waals surface area contributed by atoms with Crippen LogP contribution in [-0.2, 0) is 28.7 Å². The van der Waals surface area contributed by atoms with Crippen molar-refractivity contribution in [2.45, 2.75) is 123 Å². The molecule has 65 heavy (non-hydrogen) atoms. The average Bonchev–Trinajstić information content (AvgIpc) is 3.91. The first kappa shape index (κ1) is 46.8. The number of fused-ring (bicyclic) bond motifs is 2. The number of hydrogen-bond donors (Lipinski definition) is 2. The van der Waals surface area contributed by atoms with Crippen molar-refractivity contribution in [3.63, 3.8) is 0 Å². The van der Waals surface area contributed by atoms with Crippen LogP contribution in [0.3, 0.4) is 0 Å². The van der Waals surface area contributed by atoms with Crippen molar-refractivity contribution in [3.8, 4) is 22.9 Å². The number of carboxylic acid groups (broad SMARTS) is 1. The number of Topliss-reactive ketones (excluding diaryl/α,β-unsaturated/α-hetero) is 1. The molecule has 1 amide bonds. The van der Waals surface area contributed by atoms with Crippen LogP contribution in [0.2, 0.25) is 5.02 Å². The third-order valence-electron chi connectivity index (χ3n) is 14.2. The highest BCUT2D eigenvalue weighted by Gasteiger charge is 2.61. The van der Waals surface area contributed by atoms with Gasteiger partial charge in [-0.05, 0) is 88.7 Å². The third kappa shape index (κ3) is 10.0. The van der Waals surface area contributed by atoms with Crippen molar-refractivity contribution >= 4 is 52.1 Å². The van der Waals surface area contributed by atoms with E-state index in [4.69, 9.17) is 39.9 Å². The van der Waals surface area contributed by atoms with Crippen molar-refractivity contribution in [1.82, 2.24) is 19.8 Å². The molecule has 0 spiro atoms. The van der Waals surface area contributed by atoms with Gasteiger partial charge in [0.1, 0.15) is 47.3 Å². The van der Waals surface area contributed by atoms with E-state index in [-0.39, 0.29) is 72.5 Å². The summed E-state index contributed by atoms with van der Waals surface area (Å²) in [5, 5.41) is 14.3. The fourth-order valence-corrected chi connectivity index (χ4v) is 10.4. The number of benzene rings is 1. The number of ether oxygens (including phenoxy) is 4. The topological polar surface area (TPSA) is 183 Å². The minimum absolute atomic E-state index is 0.00614. The number of nitrogens with zero attached hydrogens (tertiary/aromatic N) is 4. The number of rotatable bonds is 18. The minimum Gasteiger partial charge on any atom is -0.491 e. The molecule has 15 nitrogen and oxygen atoms in total. The number of hydrogen-bond acceptors (Lipinski definition) is 13. The van der Waals surface area contributed by atoms with Gasteiger partial charge in [-0.2, -0.15) is 4.98 Å². The molecule has 8 rings (SSSR count). The smallest absolute Gasteiger partial charge is 0.310 e. The van der Waals surface area contributed by atoms with E-state index >= 15 is 0 Å². The molecule has 2 aliphatic heterocycles. The van der Waals surface area contributed by atoms with Crippen LogP contribution in [0.25, 0.3) is 22.3 Å². The molecule has 5 aliphatic rings. The Morgan fingerprint density at radius 3 is 2.48 bits per heavy atom. The van der Waals surface area contributed by atoms with Crippen LogP contribution in [0.4, 0.5) is 6.01 Å². The Morgan fingerprint density at radius 1 is 1.06 bits per heavy atom. The van der Waals surface area contributed by atoms with Crippen molar-refractivity contribution in [1.29, 1.82) is 0 Å². The maximum Gasteiger partial charge on any atom is 0.310 e. The number of carbonyl (C=O) groups is 4. The Morgan fingerprint density at radius 2 is 1.82 bits per heavy atom. The monoisotopic (exact) mass is 917 g/mol. The second-order valence-electron chi connectivity index (χ2n) is 20.9. The largest absolute Gasteiger partial charge is 0.491 e. The van der Waals surface area contributed by atoms with Crippen LogP contribution in [-0.4, -0.2) is 118 Å². The first-order valence-electron chi connectivity index (χ1n) is 23.1. The fourth-order valence-electron chi connectivity index (χ4n) is 10.2. The van der Waals surface area contributed by atoms with Gasteiger partial charge in [0.15, 0.2) is 5.78 Å². The van der Waals surface area contributed by atoms with Crippen molar-refractivity contribution < 1.29 is 47.6 Å². The van der Waals surface area contributed by atoms with E-state index in [1.165, 1.54) is 17.6 Å². The Balaban J connectivity index is 1.09. The summed E-state index contributed by atoms with van der Waals surface area (Å²) in [4.78, 5) is 68.8. The van der Waals surface area contributed by atoms with Crippen molar-refractivity contribution in [3.05, 3.63) is 42.1 Å². The van der Waals surface area contributed by atoms with Crippen LogP contribution >= 0.6 is 11.6 Å². The molecule has 8 atom stereocenters. The van der Waals surface area contributed by atoms with Gasteiger partial charge >= 0.3 is 11.9 Å². The molecule has 2 saturated heterocycles. The number of ketones is 1. The number of anilines is 1. The molecule has 1 unspecified atom stereocenters. The number of amides is 1. The first-order valence-corrected chi connectivity index (χ1v) is 23.5. The van der Waals surface area contributed by atoms with Crippen LogP contribution in [0.1, 0.15) is 93.4 Å². The Kier molecular flexibility index (Phi) is 13.1. The second-order valence-corrected chi connectivity index (χ2v) is 21.3. The summed E-state index contributed by atoms with van der Waals surface area (Å²) in [5.41, 5.74) is -0.892. The molecular formula is C49H64ClN5O10. The number of pyridine rings is 1. The second kappa shape index (κ2) is 18.2. The normalized spacial score (nSPS) is 27.6. The van der Waals surface area contributed by atoms with Gasteiger partial charge in [0, 0.05) is 49.0 Å². The lowest BCUT2D eigenvalue weighted by Crippen LogP contribution is -2.54. The SMILES string of the molecule is C=C[C@@H]1C[C@]1(CC(=O)[C@@H]1C[C@@H](Oc2cc(-c3coc(NC(C)C)n3)nc3c(Cl)c(OCCN4CCOCC4(C)C)ccc23)CN1C(=O)[C@@H](CC(=O)OC1C[C@@H]2C[C@@H]2C1)C(C)(C)C)C(=O)O. The highest BCUT2D eigenvalue weighted by molar-refractivity contribution is 6.36. The van der Waals surface area contributed by atoms with Gasteiger partial charge < -0.3 is 38.7 Å². The molecule has 352 valence electrons. The molecular weight excluding hydrogens is 854 g/mol. The zero-order valence-electron chi connectivity index (χ0n) is 38.7. The molecule has 3 aromatic rings. The van der Waals surface area contributed by atoms with Crippen LogP contribution < -0.4 is 14.8 Å². The van der Waals surface area contributed by atoms with Gasteiger partial charge in [-0.15, -0.1) is 6.58 Å². The fraction of sp³-hybridized carbons (Fsp3) is 0.633. The summed E-state index contributed by atoms with van der Waals surface area (Å²) >= 11 is 7.15. The number of allylic oxidation sites excluding steroid dienone is 1. The number of aliphatic carboxylic acids is 1. The van der Waals surface area contributed by atoms with Crippen molar-refractivity contribution in [2.75, 3.05) is 44.8 Å². The number of nitrogens with one attached hydrogen (secondary N) is 1. The Bertz CT molecular complexity index is 2310. The first-order chi connectivity index (χ1) is 30.8. The lowest BCUT2D eigenvalue weighted by Gasteiger charge is -2.41. The van der Waals surface area contributed by atoms with E-state index in [9.17, 15) is 24.3 Å². The summed E-state index contributed by atoms with van der Waals surface area (Å²) in [6.45, 7) is 20.8. The number of halogens is 1. The van der Waals surface area contributed by atoms with Crippen LogP contribution in [0.5, 0.6) is 11.5 Å². The summed E-state index contributed by atoms with van der Waals surface area (Å²) in [6.07, 6.45) is 5.07. The summed E-state index contributed by atoms with van der Waals surface area (Å²) < 4.78 is 30.5. The zero-order valence-corrected chi connectivity index (χ0v) is 39.4. The maximum atomic E-state index is 14.9. The zero-order chi connectivity index (χ0) is 46.6. The Labute approximate surface area is 385 Å². The molecule has 1 aromatic carbocycles. The van der Waals surface area contributed by atoms with Gasteiger partial charge in [-0.25, -0.2) is 4.98 Å². The minimum atomic E-state index is -1.28. The van der Waals surface area contributed by atoms with Gasteiger partial charge in [-0.1, -0.05) is 38.4 Å². The van der Waals surface area contributed by atoms with E-state index < -0.39 is 40.8 Å². The maximum absolute atomic E-state index is 14.9. The lowest BCUT2D eigenvalue weighted by atomic mass is 9.77. The summed E-state index contributed by atoms with van der Waals surface area (Å²) in [7, 11) is 0. The number of likely N-dealkylation sites (tertiary alicyclic amines) is 1. The van der Waals surface area contributed by atoms with Gasteiger partial charge in [0.25, 0.3) is 6.01 Å². The standard InChI is InChI=1S/C49H64ClN5O10/c1-9-30-22-49(30,45(59)60)23-38(56)37-19-32(24-55(37)44(58)34(47(4,5)6)20-41(57)65-31-17-28-16-29(28)18-31)64-40-21-35(36-25-63-46(53-36)51-27(2)3)52-43-33(40)10-11-39(42(43)50)62-15-13-54-12-14-61-26-48(54,7)8/h9-11,21,25,27-32,34,37H,1,12-20,22-24,26H2,2-8H3,(H,51,53)(H,59,60)/t28-,29+,30-,31?,32-,34-,37+,49-/m1/s1. The molecule has 4 heterocycles. The third-order valence-corrected chi connectivity index (χ3v) is 14.6. The summed E-state index contributed by atoms with van der Waals surface area (Å²) in [5.74, 6) is -1.39. The quantitative estimate of drug-likeness (QED) is 0.0930. The van der Waals surface area contributed by atoms with Crippen LogP contribution in [0, 0.1) is 34.5 Å². The number of carbonyl (C=O) groups excluding carboxylic acids is 3. The predicted molar refractivity (Wildman–Crippen MR) is 244 cm³/mol. The van der Waals surface area contributed by atoms with Crippen LogP contribution in [0.15, 0.2) is 41.5 Å². The molecule has 3 aliphatic carbocycles. The molecule has 5 fully saturated rings. The van der Waals surface area contributed by atoms with E-state index in [1.807, 2.05) is 40.7 Å². The average molecular weight is 919 g/mol. The van der Waals surface area contributed by atoms with E-state index in [1.54, 1.807) is 18.2 Å². The Hall–Kier alpha value is -4.73. The highest BCUT2D eigenvalue weighted by atomic mass is 35.5. The number of aromatic nitrogens is 2. The molecule has 2 aromatic heterocycles. The predicted octanol–water partition coefficient (Wildman–Crippen LogP) is 7.83. The highest BCUT2D eigenvalue weighted by Crippen LogP contribution is 2.57. The summed E-state index contributed by atoms with van der Waals surface area (Å²) in [6, 6.07) is 4.69. The molecule has 2 N–H and O–H groups in total.